The number of aromatic nitrogens is 1. The Hall–Kier alpha value is -2.61. The van der Waals surface area contributed by atoms with Crippen molar-refractivity contribution < 1.29 is 21.6 Å². The third-order valence-corrected chi connectivity index (χ3v) is 5.63. The number of hydrogen-bond donors (Lipinski definition) is 1. The van der Waals surface area contributed by atoms with Gasteiger partial charge in [-0.3, -0.25) is 9.71 Å². The number of rotatable bonds is 0. The predicted octanol–water partition coefficient (Wildman–Crippen LogP) is 4.34. The van der Waals surface area contributed by atoms with Crippen molar-refractivity contribution in [1.29, 1.82) is 0 Å². The normalized spacial score (nSPS) is 15.4. The van der Waals surface area contributed by atoms with E-state index in [0.717, 1.165) is 29.1 Å². The molecule has 2 heterocycles. The lowest BCUT2D eigenvalue weighted by atomic mass is 9.96. The molecule has 3 aromatic rings. The van der Waals surface area contributed by atoms with Gasteiger partial charge in [0.2, 0.25) is 0 Å². The van der Waals surface area contributed by atoms with Gasteiger partial charge in [0.05, 0.1) is 21.7 Å². The number of aryl methyl sites for hydroxylation is 1. The molecule has 0 amide bonds. The lowest BCUT2D eigenvalue weighted by molar-refractivity contribution is -0.137. The Kier molecular flexibility index (Phi) is 3.15. The molecule has 0 saturated heterocycles. The van der Waals surface area contributed by atoms with Gasteiger partial charge in [0.15, 0.2) is 0 Å². The van der Waals surface area contributed by atoms with Crippen LogP contribution in [0.15, 0.2) is 47.5 Å². The van der Waals surface area contributed by atoms with Crippen LogP contribution in [-0.2, 0) is 16.2 Å². The molecule has 0 radical (unpaired) electrons. The number of alkyl halides is 3. The lowest BCUT2D eigenvalue weighted by Crippen LogP contribution is -2.20. The Morgan fingerprint density at radius 1 is 1.08 bits per heavy atom. The van der Waals surface area contributed by atoms with Crippen LogP contribution in [0.2, 0.25) is 0 Å². The minimum absolute atomic E-state index is 0.0271. The topological polar surface area (TPSA) is 59.1 Å². The average molecular weight is 364 g/mol. The molecule has 0 fully saturated rings. The number of pyridine rings is 1. The molecule has 1 aliphatic rings. The Balaban J connectivity index is 2.13. The van der Waals surface area contributed by atoms with Gasteiger partial charge in [0.25, 0.3) is 10.0 Å². The van der Waals surface area contributed by atoms with Gasteiger partial charge in [-0.05, 0) is 42.8 Å². The molecule has 25 heavy (non-hydrogen) atoms. The molecule has 0 saturated carbocycles. The number of halogens is 3. The van der Waals surface area contributed by atoms with Crippen molar-refractivity contribution >= 4 is 26.6 Å². The van der Waals surface area contributed by atoms with E-state index in [1.807, 2.05) is 0 Å². The summed E-state index contributed by atoms with van der Waals surface area (Å²) in [6, 6.07) is 7.82. The number of nitrogens with zero attached hydrogens (tertiary/aromatic N) is 1. The zero-order valence-corrected chi connectivity index (χ0v) is 13.7. The maximum atomic E-state index is 13.1. The fraction of sp³-hybridized carbons (Fsp3) is 0.118. The van der Waals surface area contributed by atoms with Crippen molar-refractivity contribution in [2.45, 2.75) is 18.0 Å². The first-order valence-electron chi connectivity index (χ1n) is 7.31. The number of nitrogens with one attached hydrogen (secondary N) is 1. The second kappa shape index (κ2) is 4.95. The Morgan fingerprint density at radius 2 is 1.84 bits per heavy atom. The van der Waals surface area contributed by atoms with Crippen LogP contribution in [0.5, 0.6) is 0 Å². The van der Waals surface area contributed by atoms with Crippen LogP contribution < -0.4 is 4.72 Å². The summed E-state index contributed by atoms with van der Waals surface area (Å²) in [6.07, 6.45) is -3.05. The zero-order valence-electron chi connectivity index (χ0n) is 12.8. The fourth-order valence-corrected chi connectivity index (χ4v) is 4.36. The van der Waals surface area contributed by atoms with Crippen LogP contribution >= 0.6 is 0 Å². The molecular formula is C17H11F3N2O2S. The van der Waals surface area contributed by atoms with Crippen molar-refractivity contribution in [3.8, 4) is 11.1 Å². The number of hydrogen-bond acceptors (Lipinski definition) is 3. The van der Waals surface area contributed by atoms with Gasteiger partial charge >= 0.3 is 6.18 Å². The van der Waals surface area contributed by atoms with Crippen molar-refractivity contribution in [1.82, 2.24) is 4.98 Å². The zero-order chi connectivity index (χ0) is 18.0. The van der Waals surface area contributed by atoms with Crippen molar-refractivity contribution in [3.05, 3.63) is 53.7 Å². The molecule has 1 aromatic heterocycles. The molecule has 8 heteroatoms. The highest BCUT2D eigenvalue weighted by atomic mass is 32.2. The van der Waals surface area contributed by atoms with Gasteiger partial charge in [0.1, 0.15) is 0 Å². The standard InChI is InChI=1S/C17H11F3N2O2S/c1-9-7-13-12-8-10(17(18,19)20)4-5-14(12)25(23,24)22-16(13)15-11(9)3-2-6-21-15/h2-8,22H,1H3. The summed E-state index contributed by atoms with van der Waals surface area (Å²) in [5, 5.41) is 0.736. The summed E-state index contributed by atoms with van der Waals surface area (Å²) >= 11 is 0. The van der Waals surface area contributed by atoms with E-state index in [9.17, 15) is 21.6 Å². The van der Waals surface area contributed by atoms with E-state index in [2.05, 4.69) is 9.71 Å². The van der Waals surface area contributed by atoms with Crippen LogP contribution in [0.25, 0.3) is 22.0 Å². The summed E-state index contributed by atoms with van der Waals surface area (Å²) in [6.45, 7) is 1.81. The maximum absolute atomic E-state index is 13.1. The molecule has 0 aliphatic carbocycles. The first-order valence-corrected chi connectivity index (χ1v) is 8.79. The minimum atomic E-state index is -4.56. The lowest BCUT2D eigenvalue weighted by Gasteiger charge is -2.24. The highest BCUT2D eigenvalue weighted by Crippen LogP contribution is 2.45. The molecule has 0 atom stereocenters. The van der Waals surface area contributed by atoms with Gasteiger partial charge in [-0.1, -0.05) is 6.07 Å². The predicted molar refractivity (Wildman–Crippen MR) is 87.7 cm³/mol. The third-order valence-electron chi connectivity index (χ3n) is 4.22. The molecule has 4 rings (SSSR count). The highest BCUT2D eigenvalue weighted by molar-refractivity contribution is 7.93. The highest BCUT2D eigenvalue weighted by Gasteiger charge is 2.35. The summed E-state index contributed by atoms with van der Waals surface area (Å²) in [4.78, 5) is 4.04. The molecule has 0 bridgehead atoms. The van der Waals surface area contributed by atoms with Gasteiger partial charge in [0, 0.05) is 22.7 Å². The summed E-state index contributed by atoms with van der Waals surface area (Å²) < 4.78 is 66.7. The van der Waals surface area contributed by atoms with E-state index < -0.39 is 21.8 Å². The Bertz CT molecular complexity index is 1140. The van der Waals surface area contributed by atoms with Crippen LogP contribution in [0.1, 0.15) is 11.1 Å². The van der Waals surface area contributed by atoms with E-state index >= 15 is 0 Å². The molecule has 0 unspecified atom stereocenters. The molecule has 2 aromatic carbocycles. The molecule has 1 aliphatic heterocycles. The maximum Gasteiger partial charge on any atom is 0.416 e. The van der Waals surface area contributed by atoms with Gasteiger partial charge in [-0.15, -0.1) is 0 Å². The second-order valence-corrected chi connectivity index (χ2v) is 7.48. The Morgan fingerprint density at radius 3 is 2.56 bits per heavy atom. The average Bonchev–Trinajstić information content (AvgIpc) is 2.55. The van der Waals surface area contributed by atoms with Crippen molar-refractivity contribution in [2.75, 3.05) is 4.72 Å². The number of anilines is 1. The van der Waals surface area contributed by atoms with Crippen molar-refractivity contribution in [2.24, 2.45) is 0 Å². The van der Waals surface area contributed by atoms with E-state index in [1.54, 1.807) is 25.1 Å². The SMILES string of the molecule is Cc1cc2c(c3ncccc13)NS(=O)(=O)c1ccc(C(F)(F)F)cc1-2. The minimum Gasteiger partial charge on any atom is -0.277 e. The number of benzene rings is 2. The fourth-order valence-electron chi connectivity index (χ4n) is 3.07. The smallest absolute Gasteiger partial charge is 0.277 e. The van der Waals surface area contributed by atoms with E-state index in [4.69, 9.17) is 0 Å². The molecule has 128 valence electrons. The quantitative estimate of drug-likeness (QED) is 0.645. The van der Waals surface area contributed by atoms with Crippen LogP contribution in [0, 0.1) is 6.92 Å². The van der Waals surface area contributed by atoms with Crippen LogP contribution in [-0.4, -0.2) is 13.4 Å². The molecule has 4 nitrogen and oxygen atoms in total. The van der Waals surface area contributed by atoms with Gasteiger partial charge in [-0.25, -0.2) is 8.42 Å². The van der Waals surface area contributed by atoms with Crippen LogP contribution in [0.3, 0.4) is 0 Å². The van der Waals surface area contributed by atoms with Gasteiger partial charge in [-0.2, -0.15) is 13.2 Å². The van der Waals surface area contributed by atoms with E-state index in [0.29, 0.717) is 11.1 Å². The molecular weight excluding hydrogens is 353 g/mol. The van der Waals surface area contributed by atoms with Gasteiger partial charge < -0.3 is 0 Å². The monoisotopic (exact) mass is 364 g/mol. The molecule has 1 N–H and O–H groups in total. The summed E-state index contributed by atoms with van der Waals surface area (Å²) in [5.41, 5.74) is 0.926. The second-order valence-electron chi connectivity index (χ2n) is 5.83. The first kappa shape index (κ1) is 15.9. The van der Waals surface area contributed by atoms with E-state index in [1.165, 1.54) is 6.20 Å². The van der Waals surface area contributed by atoms with E-state index in [-0.39, 0.29) is 16.1 Å². The first-order chi connectivity index (χ1) is 11.7. The number of sulfonamides is 1. The van der Waals surface area contributed by atoms with Crippen LogP contribution in [0.4, 0.5) is 18.9 Å². The van der Waals surface area contributed by atoms with Crippen molar-refractivity contribution in [3.63, 3.8) is 0 Å². The molecule has 0 spiro atoms. The Labute approximate surface area is 141 Å². The number of fused-ring (bicyclic) bond motifs is 5. The summed E-state index contributed by atoms with van der Waals surface area (Å²) in [5.74, 6) is 0. The largest absolute Gasteiger partial charge is 0.416 e. The third kappa shape index (κ3) is 2.36. The summed E-state index contributed by atoms with van der Waals surface area (Å²) in [7, 11) is -3.98.